The van der Waals surface area contributed by atoms with E-state index in [2.05, 4.69) is 9.72 Å². The zero-order valence-electron chi connectivity index (χ0n) is 7.65. The molecule has 0 saturated heterocycles. The van der Waals surface area contributed by atoms with Gasteiger partial charge in [0.15, 0.2) is 0 Å². The predicted octanol–water partition coefficient (Wildman–Crippen LogP) is 0.940. The van der Waals surface area contributed by atoms with Gasteiger partial charge in [-0.1, -0.05) is 0 Å². The van der Waals surface area contributed by atoms with Crippen LogP contribution in [0.1, 0.15) is 18.4 Å². The van der Waals surface area contributed by atoms with Crippen LogP contribution in [0.5, 0.6) is 0 Å². The Morgan fingerprint density at radius 2 is 2.38 bits per heavy atom. The van der Waals surface area contributed by atoms with Crippen LogP contribution >= 0.6 is 0 Å². The highest BCUT2D eigenvalue weighted by Crippen LogP contribution is 2.21. The van der Waals surface area contributed by atoms with Crippen LogP contribution in [0.2, 0.25) is 0 Å². The van der Waals surface area contributed by atoms with Crippen molar-refractivity contribution in [3.05, 3.63) is 24.0 Å². The lowest BCUT2D eigenvalue weighted by Crippen LogP contribution is -2.12. The second kappa shape index (κ2) is 3.89. The number of methoxy groups -OCH3 is 1. The summed E-state index contributed by atoms with van der Waals surface area (Å²) in [6, 6.07) is 1.72. The number of esters is 1. The van der Waals surface area contributed by atoms with Crippen molar-refractivity contribution in [3.63, 3.8) is 0 Å². The third-order valence-corrected chi connectivity index (χ3v) is 1.91. The van der Waals surface area contributed by atoms with Gasteiger partial charge in [0.2, 0.25) is 0 Å². The number of nitrogens with zero attached hydrogens (tertiary/aromatic N) is 1. The number of pyridine rings is 1. The monoisotopic (exact) mass is 180 g/mol. The Hall–Kier alpha value is -1.58. The van der Waals surface area contributed by atoms with Crippen molar-refractivity contribution < 1.29 is 9.53 Å². The quantitative estimate of drug-likeness (QED) is 0.688. The van der Waals surface area contributed by atoms with Gasteiger partial charge in [-0.2, -0.15) is 0 Å². The van der Waals surface area contributed by atoms with Crippen molar-refractivity contribution in [2.24, 2.45) is 0 Å². The minimum atomic E-state index is -0.340. The normalized spacial score (nSPS) is 12.2. The third-order valence-electron chi connectivity index (χ3n) is 1.91. The zero-order chi connectivity index (χ0) is 9.84. The summed E-state index contributed by atoms with van der Waals surface area (Å²) >= 11 is 0. The van der Waals surface area contributed by atoms with Crippen LogP contribution in [0.25, 0.3) is 0 Å². The Kier molecular flexibility index (Phi) is 2.84. The van der Waals surface area contributed by atoms with Crippen LogP contribution in [-0.4, -0.2) is 18.1 Å². The molecule has 1 heterocycles. The highest BCUT2D eigenvalue weighted by molar-refractivity contribution is 5.79. The van der Waals surface area contributed by atoms with Gasteiger partial charge in [-0.05, 0) is 18.6 Å². The molecule has 1 aromatic rings. The number of nitrogen functional groups attached to an aromatic ring is 1. The van der Waals surface area contributed by atoms with E-state index in [0.29, 0.717) is 5.69 Å². The van der Waals surface area contributed by atoms with Gasteiger partial charge < -0.3 is 10.5 Å². The first-order valence-corrected chi connectivity index (χ1v) is 3.94. The second-order valence-electron chi connectivity index (χ2n) is 2.75. The summed E-state index contributed by atoms with van der Waals surface area (Å²) in [6.07, 6.45) is 3.12. The summed E-state index contributed by atoms with van der Waals surface area (Å²) in [6.45, 7) is 1.75. The number of anilines is 1. The molecule has 1 atom stereocenters. The Morgan fingerprint density at radius 3 is 2.92 bits per heavy atom. The number of aromatic nitrogens is 1. The molecule has 4 heteroatoms. The minimum Gasteiger partial charge on any atom is -0.469 e. The number of rotatable bonds is 2. The Balaban J connectivity index is 2.95. The molecule has 0 aliphatic carbocycles. The number of nitrogens with two attached hydrogens (primary N) is 1. The van der Waals surface area contributed by atoms with Gasteiger partial charge in [0.25, 0.3) is 0 Å². The zero-order valence-corrected chi connectivity index (χ0v) is 7.65. The van der Waals surface area contributed by atoms with E-state index in [-0.39, 0.29) is 11.9 Å². The third kappa shape index (κ3) is 1.96. The standard InChI is InChI=1S/C9H12N2O2/c1-6(9(12)13-2)7-3-4-11-5-8(7)10/h3-6H,10H2,1-2H3. The van der Waals surface area contributed by atoms with E-state index in [4.69, 9.17) is 5.73 Å². The van der Waals surface area contributed by atoms with E-state index in [1.165, 1.54) is 13.3 Å². The van der Waals surface area contributed by atoms with E-state index >= 15 is 0 Å². The van der Waals surface area contributed by atoms with Gasteiger partial charge >= 0.3 is 5.97 Å². The first-order valence-electron chi connectivity index (χ1n) is 3.94. The van der Waals surface area contributed by atoms with Crippen molar-refractivity contribution in [1.29, 1.82) is 0 Å². The molecule has 13 heavy (non-hydrogen) atoms. The van der Waals surface area contributed by atoms with Gasteiger partial charge in [-0.3, -0.25) is 9.78 Å². The molecule has 0 aromatic carbocycles. The van der Waals surface area contributed by atoms with Crippen LogP contribution in [0.4, 0.5) is 5.69 Å². The number of hydrogen-bond donors (Lipinski definition) is 1. The lowest BCUT2D eigenvalue weighted by molar-refractivity contribution is -0.141. The molecular weight excluding hydrogens is 168 g/mol. The Labute approximate surface area is 76.7 Å². The van der Waals surface area contributed by atoms with Crippen molar-refractivity contribution in [2.75, 3.05) is 12.8 Å². The first-order chi connectivity index (χ1) is 6.16. The molecule has 0 saturated carbocycles. The van der Waals surface area contributed by atoms with E-state index in [1.807, 2.05) is 0 Å². The van der Waals surface area contributed by atoms with Crippen molar-refractivity contribution in [1.82, 2.24) is 4.98 Å². The SMILES string of the molecule is COC(=O)C(C)c1ccncc1N. The van der Waals surface area contributed by atoms with Crippen LogP contribution in [-0.2, 0) is 9.53 Å². The van der Waals surface area contributed by atoms with E-state index in [0.717, 1.165) is 5.56 Å². The fraction of sp³-hybridized carbons (Fsp3) is 0.333. The molecule has 0 amide bonds. The molecule has 1 rings (SSSR count). The lowest BCUT2D eigenvalue weighted by atomic mass is 10.0. The molecule has 0 aliphatic rings. The van der Waals surface area contributed by atoms with E-state index in [1.54, 1.807) is 19.2 Å². The number of hydrogen-bond acceptors (Lipinski definition) is 4. The van der Waals surface area contributed by atoms with Gasteiger partial charge in [0.05, 0.1) is 24.9 Å². The number of carbonyl (C=O) groups is 1. The van der Waals surface area contributed by atoms with E-state index < -0.39 is 0 Å². The lowest BCUT2D eigenvalue weighted by Gasteiger charge is -2.10. The maximum absolute atomic E-state index is 11.2. The highest BCUT2D eigenvalue weighted by Gasteiger charge is 2.17. The summed E-state index contributed by atoms with van der Waals surface area (Å²) < 4.78 is 4.61. The van der Waals surface area contributed by atoms with Gasteiger partial charge in [-0.15, -0.1) is 0 Å². The van der Waals surface area contributed by atoms with Gasteiger partial charge in [0.1, 0.15) is 0 Å². The smallest absolute Gasteiger partial charge is 0.312 e. The van der Waals surface area contributed by atoms with Crippen LogP contribution < -0.4 is 5.73 Å². The molecule has 0 radical (unpaired) electrons. The van der Waals surface area contributed by atoms with Crippen molar-refractivity contribution in [3.8, 4) is 0 Å². The fourth-order valence-corrected chi connectivity index (χ4v) is 1.12. The summed E-state index contributed by atoms with van der Waals surface area (Å²) in [5.41, 5.74) is 6.91. The average molecular weight is 180 g/mol. The maximum atomic E-state index is 11.2. The average Bonchev–Trinajstić information content (AvgIpc) is 2.16. The summed E-state index contributed by atoms with van der Waals surface area (Å²) in [7, 11) is 1.36. The highest BCUT2D eigenvalue weighted by atomic mass is 16.5. The van der Waals surface area contributed by atoms with Gasteiger partial charge in [-0.25, -0.2) is 0 Å². The first kappa shape index (κ1) is 9.51. The van der Waals surface area contributed by atoms with Crippen LogP contribution in [0, 0.1) is 0 Å². The molecule has 0 spiro atoms. The van der Waals surface area contributed by atoms with Crippen molar-refractivity contribution in [2.45, 2.75) is 12.8 Å². The molecule has 1 aromatic heterocycles. The summed E-state index contributed by atoms with van der Waals surface area (Å²) in [5, 5.41) is 0. The van der Waals surface area contributed by atoms with Crippen molar-refractivity contribution >= 4 is 11.7 Å². The topological polar surface area (TPSA) is 65.2 Å². The summed E-state index contributed by atoms with van der Waals surface area (Å²) in [4.78, 5) is 15.0. The molecule has 0 fully saturated rings. The number of ether oxygens (including phenoxy) is 1. The largest absolute Gasteiger partial charge is 0.469 e. The maximum Gasteiger partial charge on any atom is 0.312 e. The van der Waals surface area contributed by atoms with Crippen LogP contribution in [0.3, 0.4) is 0 Å². The Morgan fingerprint density at radius 1 is 1.69 bits per heavy atom. The second-order valence-corrected chi connectivity index (χ2v) is 2.75. The molecule has 0 bridgehead atoms. The minimum absolute atomic E-state index is 0.294. The van der Waals surface area contributed by atoms with E-state index in [9.17, 15) is 4.79 Å². The predicted molar refractivity (Wildman–Crippen MR) is 49.1 cm³/mol. The summed E-state index contributed by atoms with van der Waals surface area (Å²) in [5.74, 6) is -0.633. The molecule has 2 N–H and O–H groups in total. The Bertz CT molecular complexity index is 312. The molecular formula is C9H12N2O2. The molecule has 1 unspecified atom stereocenters. The number of carbonyl (C=O) groups excluding carboxylic acids is 1. The van der Waals surface area contributed by atoms with Gasteiger partial charge in [0, 0.05) is 6.20 Å². The molecule has 0 aliphatic heterocycles. The molecule has 70 valence electrons. The fourth-order valence-electron chi connectivity index (χ4n) is 1.12. The molecule has 4 nitrogen and oxygen atoms in total. The van der Waals surface area contributed by atoms with Crippen LogP contribution in [0.15, 0.2) is 18.5 Å².